The lowest BCUT2D eigenvalue weighted by Crippen LogP contribution is -2.13. The summed E-state index contributed by atoms with van der Waals surface area (Å²) in [6.07, 6.45) is 1.36. The van der Waals surface area contributed by atoms with Crippen LogP contribution in [0.25, 0.3) is 17.4 Å². The van der Waals surface area contributed by atoms with Gasteiger partial charge in [-0.25, -0.2) is 0 Å². The summed E-state index contributed by atoms with van der Waals surface area (Å²) in [5, 5.41) is 13.2. The van der Waals surface area contributed by atoms with E-state index in [4.69, 9.17) is 39.2 Å². The Labute approximate surface area is 170 Å². The van der Waals surface area contributed by atoms with Crippen LogP contribution in [0.15, 0.2) is 64.6 Å². The number of carbonyl (C=O) groups excluding carboxylic acids is 1. The molecule has 2 aromatic carbocycles. The van der Waals surface area contributed by atoms with E-state index >= 15 is 0 Å². The lowest BCUT2D eigenvalue weighted by Gasteiger charge is -2.05. The number of nitriles is 1. The molecular formula is C20H11Cl3N2O2. The van der Waals surface area contributed by atoms with Crippen molar-refractivity contribution in [2.24, 2.45) is 0 Å². The minimum atomic E-state index is -0.586. The Balaban J connectivity index is 1.81. The first-order chi connectivity index (χ1) is 13.0. The summed E-state index contributed by atoms with van der Waals surface area (Å²) in [6, 6.07) is 17.1. The fraction of sp³-hybridized carbons (Fsp3) is 0. The second kappa shape index (κ2) is 8.32. The van der Waals surface area contributed by atoms with Gasteiger partial charge in [0, 0.05) is 22.3 Å². The Hall–Kier alpha value is -2.71. The van der Waals surface area contributed by atoms with Crippen LogP contribution in [0.4, 0.5) is 5.69 Å². The number of hydrogen-bond donors (Lipinski definition) is 1. The van der Waals surface area contributed by atoms with Crippen molar-refractivity contribution in [3.63, 3.8) is 0 Å². The summed E-state index contributed by atoms with van der Waals surface area (Å²) < 4.78 is 5.69. The molecule has 1 amide bonds. The first-order valence-electron chi connectivity index (χ1n) is 7.70. The van der Waals surface area contributed by atoms with Gasteiger partial charge < -0.3 is 9.73 Å². The third kappa shape index (κ3) is 4.72. The summed E-state index contributed by atoms with van der Waals surface area (Å²) in [6.45, 7) is 0. The van der Waals surface area contributed by atoms with Gasteiger partial charge in [-0.3, -0.25) is 4.79 Å². The standard InChI is InChI=1S/C20H11Cl3N2O2/c21-14-3-1-2-12(8-14)19-7-5-16(27-19)9-13(11-24)20(26)25-15-4-6-17(22)18(23)10-15/h1-10H,(H,25,26)/b13-9+. The first-order valence-corrected chi connectivity index (χ1v) is 8.83. The lowest BCUT2D eigenvalue weighted by atomic mass is 10.2. The maximum atomic E-state index is 12.3. The Morgan fingerprint density at radius 1 is 1.04 bits per heavy atom. The number of anilines is 1. The second-order valence-corrected chi connectivity index (χ2v) is 6.72. The Bertz CT molecular complexity index is 1080. The molecule has 0 aliphatic heterocycles. The highest BCUT2D eigenvalue weighted by Gasteiger charge is 2.12. The van der Waals surface area contributed by atoms with Crippen LogP contribution in [0.1, 0.15) is 5.76 Å². The lowest BCUT2D eigenvalue weighted by molar-refractivity contribution is -0.112. The maximum absolute atomic E-state index is 12.3. The van der Waals surface area contributed by atoms with Gasteiger partial charge in [-0.2, -0.15) is 5.26 Å². The first kappa shape index (κ1) is 19.1. The number of amides is 1. The second-order valence-electron chi connectivity index (χ2n) is 5.47. The van der Waals surface area contributed by atoms with E-state index in [2.05, 4.69) is 5.32 Å². The van der Waals surface area contributed by atoms with Gasteiger partial charge in [-0.05, 0) is 42.5 Å². The highest BCUT2D eigenvalue weighted by atomic mass is 35.5. The molecule has 3 rings (SSSR count). The highest BCUT2D eigenvalue weighted by Crippen LogP contribution is 2.27. The van der Waals surface area contributed by atoms with Crippen molar-refractivity contribution in [1.82, 2.24) is 0 Å². The minimum absolute atomic E-state index is 0.118. The van der Waals surface area contributed by atoms with Gasteiger partial charge in [-0.15, -0.1) is 0 Å². The largest absolute Gasteiger partial charge is 0.457 e. The van der Waals surface area contributed by atoms with Crippen molar-refractivity contribution in [2.75, 3.05) is 5.32 Å². The van der Waals surface area contributed by atoms with E-state index in [1.54, 1.807) is 42.5 Å². The molecular weight excluding hydrogens is 407 g/mol. The molecule has 0 saturated carbocycles. The van der Waals surface area contributed by atoms with Crippen molar-refractivity contribution in [1.29, 1.82) is 5.26 Å². The highest BCUT2D eigenvalue weighted by molar-refractivity contribution is 6.42. The van der Waals surface area contributed by atoms with Gasteiger partial charge in [0.15, 0.2) is 0 Å². The fourth-order valence-electron chi connectivity index (χ4n) is 2.29. The van der Waals surface area contributed by atoms with Crippen molar-refractivity contribution >= 4 is 52.5 Å². The predicted molar refractivity (Wildman–Crippen MR) is 108 cm³/mol. The Kier molecular flexibility index (Phi) is 5.88. The van der Waals surface area contributed by atoms with Crippen LogP contribution in [0.3, 0.4) is 0 Å². The topological polar surface area (TPSA) is 66.0 Å². The minimum Gasteiger partial charge on any atom is -0.457 e. The maximum Gasteiger partial charge on any atom is 0.266 e. The third-order valence-electron chi connectivity index (χ3n) is 3.57. The summed E-state index contributed by atoms with van der Waals surface area (Å²) in [5.74, 6) is 0.355. The van der Waals surface area contributed by atoms with E-state index in [1.165, 1.54) is 12.1 Å². The van der Waals surface area contributed by atoms with Gasteiger partial charge in [0.1, 0.15) is 23.2 Å². The summed E-state index contributed by atoms with van der Waals surface area (Å²) in [4.78, 5) is 12.3. The molecule has 1 N–H and O–H groups in total. The van der Waals surface area contributed by atoms with Gasteiger partial charge >= 0.3 is 0 Å². The molecule has 0 unspecified atom stereocenters. The van der Waals surface area contributed by atoms with Crippen LogP contribution in [-0.4, -0.2) is 5.91 Å². The summed E-state index contributed by atoms with van der Waals surface area (Å²) >= 11 is 17.8. The van der Waals surface area contributed by atoms with E-state index in [-0.39, 0.29) is 5.57 Å². The van der Waals surface area contributed by atoms with Gasteiger partial charge in [-0.1, -0.05) is 46.9 Å². The number of benzene rings is 2. The molecule has 4 nitrogen and oxygen atoms in total. The average molecular weight is 418 g/mol. The van der Waals surface area contributed by atoms with Crippen LogP contribution in [0, 0.1) is 11.3 Å². The van der Waals surface area contributed by atoms with E-state index in [0.717, 1.165) is 5.56 Å². The molecule has 0 fully saturated rings. The molecule has 134 valence electrons. The summed E-state index contributed by atoms with van der Waals surface area (Å²) in [5.41, 5.74) is 1.10. The van der Waals surface area contributed by atoms with E-state index in [9.17, 15) is 10.1 Å². The third-order valence-corrected chi connectivity index (χ3v) is 4.54. The van der Waals surface area contributed by atoms with Crippen LogP contribution < -0.4 is 5.32 Å². The zero-order valence-corrected chi connectivity index (χ0v) is 15.9. The SMILES string of the molecule is N#C/C(=C\c1ccc(-c2cccc(Cl)c2)o1)C(=O)Nc1ccc(Cl)c(Cl)c1. The smallest absolute Gasteiger partial charge is 0.266 e. The molecule has 0 spiro atoms. The Morgan fingerprint density at radius 2 is 1.85 bits per heavy atom. The molecule has 7 heteroatoms. The number of hydrogen-bond acceptors (Lipinski definition) is 3. The molecule has 0 bridgehead atoms. The molecule has 0 radical (unpaired) electrons. The van der Waals surface area contributed by atoms with Crippen molar-refractivity contribution in [3.05, 3.63) is 81.0 Å². The molecule has 0 aliphatic carbocycles. The number of halogens is 3. The molecule has 27 heavy (non-hydrogen) atoms. The Morgan fingerprint density at radius 3 is 2.56 bits per heavy atom. The quantitative estimate of drug-likeness (QED) is 0.392. The van der Waals surface area contributed by atoms with E-state index in [0.29, 0.717) is 32.3 Å². The molecule has 0 saturated heterocycles. The van der Waals surface area contributed by atoms with Crippen LogP contribution >= 0.6 is 34.8 Å². The van der Waals surface area contributed by atoms with Crippen molar-refractivity contribution < 1.29 is 9.21 Å². The van der Waals surface area contributed by atoms with Gasteiger partial charge in [0.05, 0.1) is 10.0 Å². The molecule has 1 aromatic heterocycles. The van der Waals surface area contributed by atoms with Crippen molar-refractivity contribution in [2.45, 2.75) is 0 Å². The molecule has 0 atom stereocenters. The average Bonchev–Trinajstić information content (AvgIpc) is 3.11. The van der Waals surface area contributed by atoms with Crippen molar-refractivity contribution in [3.8, 4) is 17.4 Å². The molecule has 1 heterocycles. The number of furan rings is 1. The van der Waals surface area contributed by atoms with Crippen LogP contribution in [0.2, 0.25) is 15.1 Å². The summed E-state index contributed by atoms with van der Waals surface area (Å²) in [7, 11) is 0. The molecule has 0 aliphatic rings. The van der Waals surface area contributed by atoms with Gasteiger partial charge in [0.25, 0.3) is 5.91 Å². The number of nitrogens with zero attached hydrogens (tertiary/aromatic N) is 1. The van der Waals surface area contributed by atoms with E-state index in [1.807, 2.05) is 12.1 Å². The number of rotatable bonds is 4. The van der Waals surface area contributed by atoms with E-state index < -0.39 is 5.91 Å². The molecule has 3 aromatic rings. The fourth-order valence-corrected chi connectivity index (χ4v) is 2.78. The number of carbonyl (C=O) groups is 1. The zero-order valence-electron chi connectivity index (χ0n) is 13.7. The van der Waals surface area contributed by atoms with Gasteiger partial charge in [0.2, 0.25) is 0 Å². The van der Waals surface area contributed by atoms with Crippen LogP contribution in [-0.2, 0) is 4.79 Å². The normalized spacial score (nSPS) is 11.1. The zero-order chi connectivity index (χ0) is 19.4. The van der Waals surface area contributed by atoms with Crippen LogP contribution in [0.5, 0.6) is 0 Å². The monoisotopic (exact) mass is 416 g/mol. The number of nitrogens with one attached hydrogen (secondary N) is 1. The predicted octanol–water partition coefficient (Wildman–Crippen LogP) is 6.45.